The summed E-state index contributed by atoms with van der Waals surface area (Å²) < 4.78 is 5.07. The summed E-state index contributed by atoms with van der Waals surface area (Å²) in [5.41, 5.74) is 8.25. The molecule has 2 amide bonds. The van der Waals surface area contributed by atoms with Gasteiger partial charge in [-0.1, -0.05) is 18.2 Å². The van der Waals surface area contributed by atoms with Gasteiger partial charge in [0.1, 0.15) is 5.84 Å². The summed E-state index contributed by atoms with van der Waals surface area (Å²) in [7, 11) is 2.01. The number of hydrogen-bond donors (Lipinski definition) is 1. The number of anilines is 3. The Morgan fingerprint density at radius 3 is 2.38 bits per heavy atom. The van der Waals surface area contributed by atoms with E-state index in [2.05, 4.69) is 42.3 Å². The highest BCUT2D eigenvalue weighted by Gasteiger charge is 2.32. The number of carbonyl (C=O) groups is 2. The number of benzene rings is 3. The molecule has 0 aliphatic carbocycles. The Bertz CT molecular complexity index is 1490. The van der Waals surface area contributed by atoms with Crippen LogP contribution in [0.4, 0.5) is 21.9 Å². The van der Waals surface area contributed by atoms with Gasteiger partial charge in [0.05, 0.1) is 24.4 Å². The van der Waals surface area contributed by atoms with Gasteiger partial charge in [-0.15, -0.1) is 0 Å². The van der Waals surface area contributed by atoms with Gasteiger partial charge in [-0.3, -0.25) is 9.80 Å². The number of amidine groups is 1. The van der Waals surface area contributed by atoms with Crippen molar-refractivity contribution >= 4 is 40.6 Å². The third-order valence-electron chi connectivity index (χ3n) is 7.08. The standard InChI is InChI=1S/C32H35N5O3/c1-6-40-31(38)24-10-12-25(13-11-24)33-30-20-35(5)19-28(34-30)27-8-7-9-29(23(27)4)37-15-14-36(32(37)39)26-17-21(2)16-22(3)18-26/h7-13,16-19H,6,14-15,20H2,1-5H3,(H,33,34). The summed E-state index contributed by atoms with van der Waals surface area (Å²) in [6.07, 6.45) is 2.02. The molecule has 5 rings (SSSR count). The molecule has 0 saturated carbocycles. The number of aliphatic imine (C=N–C) groups is 1. The average molecular weight is 538 g/mol. The van der Waals surface area contributed by atoms with E-state index in [4.69, 9.17) is 9.73 Å². The summed E-state index contributed by atoms with van der Waals surface area (Å²) in [4.78, 5) is 36.2. The number of amides is 2. The molecular formula is C32H35N5O3. The van der Waals surface area contributed by atoms with Crippen LogP contribution in [0.1, 0.15) is 39.5 Å². The van der Waals surface area contributed by atoms with Crippen LogP contribution < -0.4 is 15.1 Å². The molecule has 2 aliphatic rings. The molecule has 2 heterocycles. The number of ether oxygens (including phenoxy) is 1. The summed E-state index contributed by atoms with van der Waals surface area (Å²) in [5.74, 6) is 0.449. The number of esters is 1. The largest absolute Gasteiger partial charge is 0.462 e. The minimum atomic E-state index is -0.335. The van der Waals surface area contributed by atoms with Crippen LogP contribution in [0.15, 0.2) is 71.9 Å². The monoisotopic (exact) mass is 537 g/mol. The highest BCUT2D eigenvalue weighted by molar-refractivity contribution is 6.07. The maximum Gasteiger partial charge on any atom is 0.338 e. The molecule has 1 saturated heterocycles. The summed E-state index contributed by atoms with van der Waals surface area (Å²) in [6, 6.07) is 19.4. The Labute approximate surface area is 235 Å². The van der Waals surface area contributed by atoms with Crippen molar-refractivity contribution in [3.63, 3.8) is 0 Å². The van der Waals surface area contributed by atoms with Crippen molar-refractivity contribution in [2.75, 3.05) is 48.4 Å². The number of nitrogens with zero attached hydrogens (tertiary/aromatic N) is 4. The topological polar surface area (TPSA) is 77.5 Å². The third kappa shape index (κ3) is 5.57. The Morgan fingerprint density at radius 1 is 0.975 bits per heavy atom. The fraction of sp³-hybridized carbons (Fsp3) is 0.281. The van der Waals surface area contributed by atoms with E-state index in [9.17, 15) is 9.59 Å². The van der Waals surface area contributed by atoms with E-state index in [1.807, 2.05) is 60.3 Å². The number of nitrogens with one attached hydrogen (secondary N) is 1. The molecule has 8 heteroatoms. The zero-order chi connectivity index (χ0) is 28.4. The van der Waals surface area contributed by atoms with Crippen molar-refractivity contribution in [1.82, 2.24) is 4.90 Å². The van der Waals surface area contributed by atoms with Gasteiger partial charge in [0.15, 0.2) is 0 Å². The Morgan fingerprint density at radius 2 is 1.68 bits per heavy atom. The first-order chi connectivity index (χ1) is 19.2. The van der Waals surface area contributed by atoms with Crippen LogP contribution in [0.2, 0.25) is 0 Å². The Hall–Kier alpha value is -4.59. The number of rotatable bonds is 6. The lowest BCUT2D eigenvalue weighted by molar-refractivity contribution is 0.0526. The molecule has 0 radical (unpaired) electrons. The second kappa shape index (κ2) is 11.3. The molecule has 0 atom stereocenters. The van der Waals surface area contributed by atoms with E-state index in [0.717, 1.165) is 50.8 Å². The summed E-state index contributed by atoms with van der Waals surface area (Å²) in [6.45, 7) is 10.1. The molecule has 3 aromatic rings. The fourth-order valence-corrected chi connectivity index (χ4v) is 5.27. The van der Waals surface area contributed by atoms with Crippen molar-refractivity contribution in [2.45, 2.75) is 27.7 Å². The smallest absolute Gasteiger partial charge is 0.338 e. The van der Waals surface area contributed by atoms with Gasteiger partial charge in [-0.05, 0) is 86.8 Å². The van der Waals surface area contributed by atoms with Gasteiger partial charge in [-0.25, -0.2) is 14.6 Å². The molecule has 1 N–H and O–H groups in total. The first kappa shape index (κ1) is 27.0. The van der Waals surface area contributed by atoms with Crippen molar-refractivity contribution in [3.05, 3.63) is 94.7 Å². The van der Waals surface area contributed by atoms with E-state index < -0.39 is 0 Å². The summed E-state index contributed by atoms with van der Waals surface area (Å²) >= 11 is 0. The molecule has 206 valence electrons. The predicted molar refractivity (Wildman–Crippen MR) is 161 cm³/mol. The molecule has 2 aliphatic heterocycles. The predicted octanol–water partition coefficient (Wildman–Crippen LogP) is 5.99. The minimum absolute atomic E-state index is 0.0166. The van der Waals surface area contributed by atoms with Crippen molar-refractivity contribution in [1.29, 1.82) is 0 Å². The van der Waals surface area contributed by atoms with Crippen molar-refractivity contribution < 1.29 is 14.3 Å². The molecule has 0 spiro atoms. The maximum atomic E-state index is 13.5. The number of aryl methyl sites for hydroxylation is 2. The molecular weight excluding hydrogens is 502 g/mol. The van der Waals surface area contributed by atoms with Crippen LogP contribution >= 0.6 is 0 Å². The van der Waals surface area contributed by atoms with Crippen LogP contribution in [-0.4, -0.2) is 56.0 Å². The molecule has 3 aromatic carbocycles. The lowest BCUT2D eigenvalue weighted by Gasteiger charge is -2.25. The third-order valence-corrected chi connectivity index (χ3v) is 7.08. The van der Waals surface area contributed by atoms with Gasteiger partial charge in [0.2, 0.25) is 0 Å². The highest BCUT2D eigenvalue weighted by Crippen LogP contribution is 2.33. The molecule has 0 bridgehead atoms. The van der Waals surface area contributed by atoms with Crippen LogP contribution in [0, 0.1) is 20.8 Å². The normalized spacial score (nSPS) is 15.2. The lowest BCUT2D eigenvalue weighted by atomic mass is 10.0. The van der Waals surface area contributed by atoms with Crippen LogP contribution in [0.25, 0.3) is 5.70 Å². The molecule has 8 nitrogen and oxygen atoms in total. The first-order valence-electron chi connectivity index (χ1n) is 13.5. The fourth-order valence-electron chi connectivity index (χ4n) is 5.27. The van der Waals surface area contributed by atoms with E-state index in [1.54, 1.807) is 19.1 Å². The van der Waals surface area contributed by atoms with E-state index in [0.29, 0.717) is 31.8 Å². The Balaban J connectivity index is 1.37. The zero-order valence-electron chi connectivity index (χ0n) is 23.7. The van der Waals surface area contributed by atoms with Gasteiger partial charge in [-0.2, -0.15) is 0 Å². The van der Waals surface area contributed by atoms with E-state index in [-0.39, 0.29) is 12.0 Å². The SMILES string of the molecule is CCOC(=O)c1ccc(NC2=NC(c3cccc(N4CCN(c5cc(C)cc(C)c5)C4=O)c3C)=CN(C)C2)cc1. The van der Waals surface area contributed by atoms with Gasteiger partial charge in [0, 0.05) is 49.0 Å². The van der Waals surface area contributed by atoms with Crippen LogP contribution in [-0.2, 0) is 4.74 Å². The van der Waals surface area contributed by atoms with Crippen molar-refractivity contribution in [2.24, 2.45) is 4.99 Å². The van der Waals surface area contributed by atoms with Gasteiger partial charge >= 0.3 is 12.0 Å². The number of hydrogen-bond acceptors (Lipinski definition) is 6. The van der Waals surface area contributed by atoms with Gasteiger partial charge < -0.3 is 15.0 Å². The quantitative estimate of drug-likeness (QED) is 0.391. The zero-order valence-corrected chi connectivity index (χ0v) is 23.7. The highest BCUT2D eigenvalue weighted by atomic mass is 16.5. The second-order valence-corrected chi connectivity index (χ2v) is 10.3. The maximum absolute atomic E-state index is 13.5. The molecule has 1 fully saturated rings. The molecule has 0 aromatic heterocycles. The minimum Gasteiger partial charge on any atom is -0.462 e. The molecule has 0 unspecified atom stereocenters. The van der Waals surface area contributed by atoms with Crippen LogP contribution in [0.3, 0.4) is 0 Å². The van der Waals surface area contributed by atoms with Gasteiger partial charge in [0.25, 0.3) is 0 Å². The van der Waals surface area contributed by atoms with Crippen LogP contribution in [0.5, 0.6) is 0 Å². The molecule has 40 heavy (non-hydrogen) atoms. The van der Waals surface area contributed by atoms with Crippen molar-refractivity contribution in [3.8, 4) is 0 Å². The number of likely N-dealkylation sites (N-methyl/N-ethyl adjacent to an activating group) is 1. The van der Waals surface area contributed by atoms with E-state index in [1.165, 1.54) is 0 Å². The lowest BCUT2D eigenvalue weighted by Crippen LogP contribution is -2.32. The van der Waals surface area contributed by atoms with E-state index >= 15 is 0 Å². The summed E-state index contributed by atoms with van der Waals surface area (Å²) in [5, 5.41) is 3.38. The second-order valence-electron chi connectivity index (χ2n) is 10.3. The Kier molecular flexibility index (Phi) is 7.60. The number of urea groups is 1. The first-order valence-corrected chi connectivity index (χ1v) is 13.5. The average Bonchev–Trinajstić information content (AvgIpc) is 3.29. The number of carbonyl (C=O) groups excluding carboxylic acids is 2.